The number of hydrogen-bond acceptors (Lipinski definition) is 7. The maximum Gasteiger partial charge on any atom is 0.346 e. The van der Waals surface area contributed by atoms with Gasteiger partial charge >= 0.3 is 5.97 Å². The van der Waals surface area contributed by atoms with Crippen LogP contribution in [0.5, 0.6) is 0 Å². The normalized spacial score (nSPS) is 39.5. The van der Waals surface area contributed by atoms with Gasteiger partial charge in [-0.1, -0.05) is 35.0 Å². The minimum Gasteiger partial charge on any atom is -0.466 e. The maximum absolute atomic E-state index is 13.9. The van der Waals surface area contributed by atoms with Gasteiger partial charge < -0.3 is 19.2 Å². The van der Waals surface area contributed by atoms with Gasteiger partial charge in [-0.2, -0.15) is 0 Å². The molecule has 2 bridgehead atoms. The number of piperidine rings is 2. The van der Waals surface area contributed by atoms with Crippen molar-refractivity contribution in [1.82, 2.24) is 4.90 Å². The van der Waals surface area contributed by atoms with Crippen LogP contribution in [0.1, 0.15) is 18.4 Å². The molecule has 0 N–H and O–H groups in total. The number of amides is 1. The number of esters is 1. The third-order valence-corrected chi connectivity index (χ3v) is 8.74. The second-order valence-electron chi connectivity index (χ2n) is 9.69. The van der Waals surface area contributed by atoms with E-state index in [1.54, 1.807) is 0 Å². The zero-order valence-corrected chi connectivity index (χ0v) is 17.9. The summed E-state index contributed by atoms with van der Waals surface area (Å²) in [5.41, 5.74) is 3.91. The number of carbonyl (C=O) groups is 2. The molecule has 6 aliphatic rings. The highest BCUT2D eigenvalue weighted by Gasteiger charge is 2.72. The summed E-state index contributed by atoms with van der Waals surface area (Å²) in [6, 6.07) is 8.87. The quantitative estimate of drug-likeness (QED) is 0.404. The van der Waals surface area contributed by atoms with E-state index in [1.165, 1.54) is 18.2 Å². The summed E-state index contributed by atoms with van der Waals surface area (Å²) in [7, 11) is 1.30. The Bertz CT molecular complexity index is 1100. The standard InChI is InChI=1S/C24H25N3O5/c1-30-18(28)12-32-25-20-21-19-14-10-17-24(7-8-26(17)11-13(14)6-9-31-21)15-4-2-3-5-16(15)27(22(19)24)23(20)29/h2-6,14,17,19,21-22H,7-12H2,1H3/b25-20+/t14-,17-,19-,21+,22-,24+/m0/s1. The fourth-order valence-corrected chi connectivity index (χ4v) is 7.69. The van der Waals surface area contributed by atoms with Crippen LogP contribution < -0.4 is 4.90 Å². The van der Waals surface area contributed by atoms with Crippen molar-refractivity contribution in [3.63, 3.8) is 0 Å². The highest BCUT2D eigenvalue weighted by Crippen LogP contribution is 2.65. The van der Waals surface area contributed by atoms with Crippen molar-refractivity contribution in [1.29, 1.82) is 0 Å². The predicted octanol–water partition coefficient (Wildman–Crippen LogP) is 1.25. The molecule has 1 amide bonds. The predicted molar refractivity (Wildman–Crippen MR) is 114 cm³/mol. The van der Waals surface area contributed by atoms with E-state index in [0.717, 1.165) is 31.6 Å². The number of benzene rings is 1. The van der Waals surface area contributed by atoms with E-state index in [4.69, 9.17) is 9.57 Å². The van der Waals surface area contributed by atoms with Gasteiger partial charge in [0.1, 0.15) is 6.10 Å². The molecule has 1 saturated carbocycles. The van der Waals surface area contributed by atoms with Gasteiger partial charge in [-0.05, 0) is 36.9 Å². The number of rotatable bonds is 3. The molecule has 0 unspecified atom stereocenters. The summed E-state index contributed by atoms with van der Waals surface area (Å²) in [5.74, 6) is -0.237. The van der Waals surface area contributed by atoms with E-state index in [9.17, 15) is 9.59 Å². The minimum atomic E-state index is -0.537. The van der Waals surface area contributed by atoms with Gasteiger partial charge in [-0.25, -0.2) is 4.79 Å². The van der Waals surface area contributed by atoms with Gasteiger partial charge in [0.25, 0.3) is 5.91 Å². The topological polar surface area (TPSA) is 80.7 Å². The second-order valence-corrected chi connectivity index (χ2v) is 9.69. The molecule has 5 heterocycles. The lowest BCUT2D eigenvalue weighted by atomic mass is 9.53. The number of para-hydroxylation sites is 1. The number of hydrogen-bond donors (Lipinski definition) is 0. The van der Waals surface area contributed by atoms with Gasteiger partial charge in [0.2, 0.25) is 6.61 Å². The third-order valence-electron chi connectivity index (χ3n) is 8.74. The van der Waals surface area contributed by atoms with Crippen molar-refractivity contribution in [2.24, 2.45) is 17.0 Å². The van der Waals surface area contributed by atoms with Crippen LogP contribution in [0.4, 0.5) is 5.69 Å². The largest absolute Gasteiger partial charge is 0.466 e. The Morgan fingerprint density at radius 1 is 1.34 bits per heavy atom. The molecule has 0 radical (unpaired) electrons. The fraction of sp³-hybridized carbons (Fsp3) is 0.542. The molecule has 5 aliphatic heterocycles. The van der Waals surface area contributed by atoms with Crippen molar-refractivity contribution >= 4 is 23.3 Å². The smallest absolute Gasteiger partial charge is 0.346 e. The minimum absolute atomic E-state index is 0.0486. The average molecular weight is 435 g/mol. The molecule has 3 saturated heterocycles. The van der Waals surface area contributed by atoms with Crippen molar-refractivity contribution in [2.45, 2.75) is 36.4 Å². The molecular formula is C24H25N3O5. The van der Waals surface area contributed by atoms with E-state index in [2.05, 4.69) is 39.1 Å². The van der Waals surface area contributed by atoms with Gasteiger partial charge in [0, 0.05) is 29.6 Å². The van der Waals surface area contributed by atoms with Crippen LogP contribution >= 0.6 is 0 Å². The summed E-state index contributed by atoms with van der Waals surface area (Å²) in [6.07, 6.45) is 3.91. The van der Waals surface area contributed by atoms with E-state index >= 15 is 0 Å². The number of ether oxygens (including phenoxy) is 2. The number of anilines is 1. The lowest BCUT2D eigenvalue weighted by Crippen LogP contribution is -2.71. The molecule has 4 fully saturated rings. The highest BCUT2D eigenvalue weighted by molar-refractivity contribution is 6.46. The van der Waals surface area contributed by atoms with Gasteiger partial charge in [0.05, 0.1) is 19.8 Å². The molecular weight excluding hydrogens is 410 g/mol. The molecule has 6 atom stereocenters. The number of carbonyl (C=O) groups excluding carboxylic acids is 2. The van der Waals surface area contributed by atoms with Crippen LogP contribution in [-0.2, 0) is 29.3 Å². The third kappa shape index (κ3) is 2.12. The Labute approximate surface area is 185 Å². The first-order valence-electron chi connectivity index (χ1n) is 11.4. The Kier molecular flexibility index (Phi) is 3.78. The fourth-order valence-electron chi connectivity index (χ4n) is 7.69. The van der Waals surface area contributed by atoms with E-state index in [-0.39, 0.29) is 35.6 Å². The van der Waals surface area contributed by atoms with Crippen molar-refractivity contribution < 1.29 is 23.9 Å². The van der Waals surface area contributed by atoms with Crippen molar-refractivity contribution in [3.8, 4) is 0 Å². The Morgan fingerprint density at radius 3 is 3.09 bits per heavy atom. The molecule has 32 heavy (non-hydrogen) atoms. The first kappa shape index (κ1) is 18.8. The molecule has 1 aromatic carbocycles. The lowest BCUT2D eigenvalue weighted by molar-refractivity contribution is -0.146. The first-order chi connectivity index (χ1) is 15.6. The summed E-state index contributed by atoms with van der Waals surface area (Å²) >= 11 is 0. The van der Waals surface area contributed by atoms with Crippen LogP contribution in [0, 0.1) is 11.8 Å². The summed E-state index contributed by atoms with van der Waals surface area (Å²) in [4.78, 5) is 35.4. The number of fused-ring (bicyclic) bond motifs is 2. The Balaban J connectivity index is 1.41. The van der Waals surface area contributed by atoms with Crippen LogP contribution in [0.3, 0.4) is 0 Å². The summed E-state index contributed by atoms with van der Waals surface area (Å²) in [5, 5.41) is 4.18. The first-order valence-corrected chi connectivity index (χ1v) is 11.4. The number of methoxy groups -OCH3 is 1. The van der Waals surface area contributed by atoms with E-state index in [1.807, 2.05) is 11.0 Å². The molecule has 8 nitrogen and oxygen atoms in total. The monoisotopic (exact) mass is 435 g/mol. The zero-order valence-electron chi connectivity index (χ0n) is 17.9. The van der Waals surface area contributed by atoms with Crippen LogP contribution in [-0.4, -0.2) is 74.1 Å². The number of oxime groups is 1. The van der Waals surface area contributed by atoms with Gasteiger partial charge in [-0.3, -0.25) is 9.69 Å². The summed E-state index contributed by atoms with van der Waals surface area (Å²) < 4.78 is 11.0. The van der Waals surface area contributed by atoms with Crippen LogP contribution in [0.15, 0.2) is 41.1 Å². The highest BCUT2D eigenvalue weighted by atomic mass is 16.7. The zero-order chi connectivity index (χ0) is 21.6. The van der Waals surface area contributed by atoms with Crippen LogP contribution in [0.2, 0.25) is 0 Å². The molecule has 1 aromatic rings. The molecule has 166 valence electrons. The maximum atomic E-state index is 13.9. The Morgan fingerprint density at radius 2 is 2.22 bits per heavy atom. The van der Waals surface area contributed by atoms with Gasteiger partial charge in [0.15, 0.2) is 5.71 Å². The van der Waals surface area contributed by atoms with E-state index in [0.29, 0.717) is 18.6 Å². The van der Waals surface area contributed by atoms with Crippen LogP contribution in [0.25, 0.3) is 0 Å². The van der Waals surface area contributed by atoms with E-state index < -0.39 is 12.1 Å². The second kappa shape index (κ2) is 6.42. The lowest BCUT2D eigenvalue weighted by Gasteiger charge is -2.58. The molecule has 8 heteroatoms. The SMILES string of the molecule is COC(=O)CO/N=C1/C(=O)N2c3ccccc3[C@@]34CCN5CC6=CCO[C@@H]1[C@@H]([C@H]23)[C@H]6C[C@H]54. The number of nitrogens with zero attached hydrogens (tertiary/aromatic N) is 3. The summed E-state index contributed by atoms with van der Waals surface area (Å²) in [6.45, 7) is 2.17. The molecule has 7 rings (SSSR count). The molecule has 1 aliphatic carbocycles. The molecule has 1 spiro atoms. The average Bonchev–Trinajstić information content (AvgIpc) is 3.27. The van der Waals surface area contributed by atoms with Crippen molar-refractivity contribution in [2.75, 3.05) is 38.3 Å². The van der Waals surface area contributed by atoms with Crippen molar-refractivity contribution in [3.05, 3.63) is 41.5 Å². The Hall–Kier alpha value is -2.71. The van der Waals surface area contributed by atoms with Gasteiger partial charge in [-0.15, -0.1) is 0 Å². The molecule has 0 aromatic heterocycles.